The van der Waals surface area contributed by atoms with Crippen LogP contribution in [0.25, 0.3) is 0 Å². The van der Waals surface area contributed by atoms with Crippen LogP contribution in [-0.4, -0.2) is 28.7 Å². The molecule has 1 aliphatic heterocycles. The summed E-state index contributed by atoms with van der Waals surface area (Å²) in [6, 6.07) is 0.294. The molecule has 1 saturated carbocycles. The Balaban J connectivity index is 1.69. The van der Waals surface area contributed by atoms with Gasteiger partial charge in [-0.3, -0.25) is 9.89 Å². The maximum absolute atomic E-state index is 12.5. The molecule has 5 heteroatoms. The van der Waals surface area contributed by atoms with E-state index in [1.54, 1.807) is 0 Å². The standard InChI is InChI=1S/C15H24N4O/c1-9-3-4-12(10(2)7-9)17-15(20)14-11-8-16-6-5-13(11)18-19-14/h9-10,12,16H,3-8H2,1-2H3,(H,17,20)(H,18,19). The van der Waals surface area contributed by atoms with Gasteiger partial charge < -0.3 is 10.6 Å². The van der Waals surface area contributed by atoms with Gasteiger partial charge in [0, 0.05) is 36.8 Å². The molecule has 110 valence electrons. The summed E-state index contributed by atoms with van der Waals surface area (Å²) in [7, 11) is 0. The third-order valence-electron chi connectivity index (χ3n) is 4.77. The van der Waals surface area contributed by atoms with E-state index in [4.69, 9.17) is 0 Å². The highest BCUT2D eigenvalue weighted by molar-refractivity contribution is 5.94. The summed E-state index contributed by atoms with van der Waals surface area (Å²) in [5.41, 5.74) is 2.74. The number of carbonyl (C=O) groups excluding carboxylic acids is 1. The first-order chi connectivity index (χ1) is 9.65. The summed E-state index contributed by atoms with van der Waals surface area (Å²) in [5, 5.41) is 13.7. The summed E-state index contributed by atoms with van der Waals surface area (Å²) in [6.07, 6.45) is 4.41. The maximum atomic E-state index is 12.5. The Morgan fingerprint density at radius 1 is 1.35 bits per heavy atom. The van der Waals surface area contributed by atoms with Crippen molar-refractivity contribution in [2.24, 2.45) is 11.8 Å². The lowest BCUT2D eigenvalue weighted by Gasteiger charge is -2.33. The number of hydrogen-bond acceptors (Lipinski definition) is 3. The van der Waals surface area contributed by atoms with Crippen LogP contribution in [0.15, 0.2) is 0 Å². The molecule has 5 nitrogen and oxygen atoms in total. The third kappa shape index (κ3) is 2.59. The lowest BCUT2D eigenvalue weighted by atomic mass is 9.80. The van der Waals surface area contributed by atoms with E-state index >= 15 is 0 Å². The molecule has 3 atom stereocenters. The maximum Gasteiger partial charge on any atom is 0.272 e. The van der Waals surface area contributed by atoms with E-state index in [-0.39, 0.29) is 5.91 Å². The molecule has 20 heavy (non-hydrogen) atoms. The number of fused-ring (bicyclic) bond motifs is 1. The molecule has 1 amide bonds. The fraction of sp³-hybridized carbons (Fsp3) is 0.733. The Morgan fingerprint density at radius 2 is 2.20 bits per heavy atom. The number of H-pyrrole nitrogens is 1. The Bertz CT molecular complexity index is 496. The van der Waals surface area contributed by atoms with E-state index in [1.165, 1.54) is 12.8 Å². The zero-order valence-electron chi connectivity index (χ0n) is 12.3. The van der Waals surface area contributed by atoms with E-state index in [0.717, 1.165) is 43.1 Å². The minimum Gasteiger partial charge on any atom is -0.348 e. The molecule has 0 spiro atoms. The van der Waals surface area contributed by atoms with Gasteiger partial charge in [-0.05, 0) is 31.1 Å². The van der Waals surface area contributed by atoms with Crippen molar-refractivity contribution in [2.75, 3.05) is 6.54 Å². The van der Waals surface area contributed by atoms with Crippen molar-refractivity contribution < 1.29 is 4.79 Å². The van der Waals surface area contributed by atoms with Crippen molar-refractivity contribution in [3.8, 4) is 0 Å². The molecule has 3 N–H and O–H groups in total. The van der Waals surface area contributed by atoms with Gasteiger partial charge in [0.05, 0.1) is 0 Å². The molecular weight excluding hydrogens is 252 g/mol. The highest BCUT2D eigenvalue weighted by Crippen LogP contribution is 2.29. The average molecular weight is 276 g/mol. The molecular formula is C15H24N4O. The van der Waals surface area contributed by atoms with Crippen LogP contribution in [0.1, 0.15) is 54.9 Å². The molecule has 3 unspecified atom stereocenters. The van der Waals surface area contributed by atoms with Crippen molar-refractivity contribution >= 4 is 5.91 Å². The van der Waals surface area contributed by atoms with E-state index in [0.29, 0.717) is 17.7 Å². The van der Waals surface area contributed by atoms with Gasteiger partial charge >= 0.3 is 0 Å². The molecule has 0 saturated heterocycles. The molecule has 1 aliphatic carbocycles. The Hall–Kier alpha value is -1.36. The first kappa shape index (κ1) is 13.6. The average Bonchev–Trinajstić information content (AvgIpc) is 2.86. The highest BCUT2D eigenvalue weighted by atomic mass is 16.2. The van der Waals surface area contributed by atoms with Crippen LogP contribution >= 0.6 is 0 Å². The number of rotatable bonds is 2. The van der Waals surface area contributed by atoms with Crippen molar-refractivity contribution in [3.05, 3.63) is 17.0 Å². The Labute approximate surface area is 119 Å². The van der Waals surface area contributed by atoms with Crippen LogP contribution in [0, 0.1) is 11.8 Å². The summed E-state index contributed by atoms with van der Waals surface area (Å²) in [4.78, 5) is 12.5. The van der Waals surface area contributed by atoms with Crippen molar-refractivity contribution in [1.82, 2.24) is 20.8 Å². The van der Waals surface area contributed by atoms with E-state index < -0.39 is 0 Å². The SMILES string of the molecule is CC1CCC(NC(=O)c2n[nH]c3c2CNCC3)C(C)C1. The molecule has 1 fully saturated rings. The van der Waals surface area contributed by atoms with Crippen LogP contribution in [-0.2, 0) is 13.0 Å². The number of amides is 1. The molecule has 2 aliphatic rings. The fourth-order valence-electron chi connectivity index (χ4n) is 3.53. The topological polar surface area (TPSA) is 69.8 Å². The number of nitrogens with one attached hydrogen (secondary N) is 3. The minimum absolute atomic E-state index is 0.0161. The first-order valence-corrected chi connectivity index (χ1v) is 7.73. The highest BCUT2D eigenvalue weighted by Gasteiger charge is 2.29. The lowest BCUT2D eigenvalue weighted by molar-refractivity contribution is 0.0893. The zero-order valence-corrected chi connectivity index (χ0v) is 12.3. The second kappa shape index (κ2) is 5.56. The summed E-state index contributed by atoms with van der Waals surface area (Å²) >= 11 is 0. The van der Waals surface area contributed by atoms with Gasteiger partial charge in [-0.25, -0.2) is 0 Å². The Kier molecular flexibility index (Phi) is 3.78. The van der Waals surface area contributed by atoms with Gasteiger partial charge in [-0.15, -0.1) is 0 Å². The predicted octanol–water partition coefficient (Wildman–Crippen LogP) is 1.61. The molecule has 3 rings (SSSR count). The predicted molar refractivity (Wildman–Crippen MR) is 77.4 cm³/mol. The molecule has 1 aromatic heterocycles. The minimum atomic E-state index is -0.0161. The van der Waals surface area contributed by atoms with Crippen molar-refractivity contribution in [3.63, 3.8) is 0 Å². The summed E-state index contributed by atoms with van der Waals surface area (Å²) < 4.78 is 0. The summed E-state index contributed by atoms with van der Waals surface area (Å²) in [5.74, 6) is 1.31. The molecule has 1 aromatic rings. The quantitative estimate of drug-likeness (QED) is 0.768. The fourth-order valence-corrected chi connectivity index (χ4v) is 3.53. The largest absolute Gasteiger partial charge is 0.348 e. The van der Waals surface area contributed by atoms with E-state index in [1.807, 2.05) is 0 Å². The van der Waals surface area contributed by atoms with E-state index in [9.17, 15) is 4.79 Å². The van der Waals surface area contributed by atoms with Gasteiger partial charge in [-0.1, -0.05) is 13.8 Å². The van der Waals surface area contributed by atoms with Gasteiger partial charge in [0.1, 0.15) is 0 Å². The van der Waals surface area contributed by atoms with Crippen LogP contribution < -0.4 is 10.6 Å². The van der Waals surface area contributed by atoms with Gasteiger partial charge in [0.25, 0.3) is 5.91 Å². The molecule has 2 heterocycles. The number of hydrogen-bond donors (Lipinski definition) is 3. The van der Waals surface area contributed by atoms with Crippen LogP contribution in [0.5, 0.6) is 0 Å². The first-order valence-electron chi connectivity index (χ1n) is 7.73. The van der Waals surface area contributed by atoms with Gasteiger partial charge in [0.2, 0.25) is 0 Å². The number of carbonyl (C=O) groups is 1. The van der Waals surface area contributed by atoms with E-state index in [2.05, 4.69) is 34.7 Å². The van der Waals surface area contributed by atoms with Crippen LogP contribution in [0.4, 0.5) is 0 Å². The third-order valence-corrected chi connectivity index (χ3v) is 4.77. The summed E-state index contributed by atoms with van der Waals surface area (Å²) in [6.45, 7) is 6.23. The second-order valence-corrected chi connectivity index (χ2v) is 6.43. The molecule has 0 bridgehead atoms. The van der Waals surface area contributed by atoms with Crippen LogP contribution in [0.2, 0.25) is 0 Å². The Morgan fingerprint density at radius 3 is 3.00 bits per heavy atom. The van der Waals surface area contributed by atoms with Crippen molar-refractivity contribution in [2.45, 2.75) is 52.1 Å². The monoisotopic (exact) mass is 276 g/mol. The molecule has 0 radical (unpaired) electrons. The lowest BCUT2D eigenvalue weighted by Crippen LogP contribution is -2.43. The number of aromatic amines is 1. The molecule has 0 aromatic carbocycles. The normalized spacial score (nSPS) is 29.8. The van der Waals surface area contributed by atoms with Gasteiger partial charge in [-0.2, -0.15) is 5.10 Å². The van der Waals surface area contributed by atoms with Crippen molar-refractivity contribution in [1.29, 1.82) is 0 Å². The smallest absolute Gasteiger partial charge is 0.272 e. The van der Waals surface area contributed by atoms with Gasteiger partial charge in [0.15, 0.2) is 5.69 Å². The zero-order chi connectivity index (χ0) is 14.1. The second-order valence-electron chi connectivity index (χ2n) is 6.43. The van der Waals surface area contributed by atoms with Crippen LogP contribution in [0.3, 0.4) is 0 Å². The number of aromatic nitrogens is 2. The number of nitrogens with zero attached hydrogens (tertiary/aromatic N) is 1.